The van der Waals surface area contributed by atoms with Crippen LogP contribution < -0.4 is 5.73 Å². The molecule has 2 aromatic rings. The number of aromatic nitrogens is 4. The predicted octanol–water partition coefficient (Wildman–Crippen LogP) is 1.72. The summed E-state index contributed by atoms with van der Waals surface area (Å²) in [6.07, 6.45) is 1.30. The number of rotatable bonds is 3. The Balaban J connectivity index is 1.52. The van der Waals surface area contributed by atoms with Gasteiger partial charge in [-0.25, -0.2) is 23.7 Å². The molecule has 2 fully saturated rings. The van der Waals surface area contributed by atoms with Crippen molar-refractivity contribution < 1.29 is 13.6 Å². The molecule has 2 N–H and O–H groups in total. The average molecular weight is 350 g/mol. The van der Waals surface area contributed by atoms with E-state index in [-0.39, 0.29) is 11.9 Å². The van der Waals surface area contributed by atoms with E-state index in [0.717, 1.165) is 6.42 Å². The summed E-state index contributed by atoms with van der Waals surface area (Å²) in [4.78, 5) is 26.8. The Hall–Kier alpha value is -2.32. The van der Waals surface area contributed by atoms with Gasteiger partial charge >= 0.3 is 0 Å². The van der Waals surface area contributed by atoms with Gasteiger partial charge in [0.25, 0.3) is 0 Å². The van der Waals surface area contributed by atoms with Gasteiger partial charge in [0, 0.05) is 19.0 Å². The van der Waals surface area contributed by atoms with Crippen molar-refractivity contribution in [2.75, 3.05) is 18.8 Å². The molecule has 1 aliphatic heterocycles. The molecule has 1 saturated carbocycles. The van der Waals surface area contributed by atoms with Crippen LogP contribution >= 0.6 is 0 Å². The number of nitrogens with zero attached hydrogens (tertiary/aromatic N) is 5. The van der Waals surface area contributed by atoms with Gasteiger partial charge in [0.1, 0.15) is 11.8 Å². The van der Waals surface area contributed by atoms with Crippen molar-refractivity contribution in [3.8, 4) is 0 Å². The van der Waals surface area contributed by atoms with E-state index < -0.39 is 23.7 Å². The largest absolute Gasteiger partial charge is 0.382 e. The summed E-state index contributed by atoms with van der Waals surface area (Å²) >= 11 is 0. The molecular weight excluding hydrogens is 330 g/mol. The smallest absolute Gasteiger partial charge is 0.242 e. The summed E-state index contributed by atoms with van der Waals surface area (Å²) in [6, 6.07) is 0.00936. The molecule has 25 heavy (non-hydrogen) atoms. The molecule has 2 aromatic heterocycles. The van der Waals surface area contributed by atoms with E-state index in [1.807, 2.05) is 4.57 Å². The van der Waals surface area contributed by atoms with Crippen molar-refractivity contribution in [2.24, 2.45) is 17.3 Å². The fraction of sp³-hybridized carbons (Fsp3) is 0.625. The van der Waals surface area contributed by atoms with Gasteiger partial charge in [-0.05, 0) is 11.8 Å². The van der Waals surface area contributed by atoms with Crippen molar-refractivity contribution >= 4 is 22.9 Å². The highest BCUT2D eigenvalue weighted by atomic mass is 19.3. The normalized spacial score (nSPS) is 28.0. The number of hydrogen-bond acceptors (Lipinski definition) is 5. The lowest BCUT2D eigenvalue weighted by Gasteiger charge is -2.18. The van der Waals surface area contributed by atoms with Crippen molar-refractivity contribution in [1.29, 1.82) is 0 Å². The molecular formula is C16H20F2N6O. The zero-order chi connectivity index (χ0) is 17.9. The summed E-state index contributed by atoms with van der Waals surface area (Å²) in [5, 5.41) is 0. The second-order valence-electron chi connectivity index (χ2n) is 7.47. The minimum absolute atomic E-state index is 0.00936. The van der Waals surface area contributed by atoms with E-state index in [9.17, 15) is 13.6 Å². The molecule has 3 atom stereocenters. The van der Waals surface area contributed by atoms with Crippen LogP contribution in [0.25, 0.3) is 11.2 Å². The molecule has 134 valence electrons. The number of carbonyl (C=O) groups is 1. The molecule has 4 rings (SSSR count). The first-order chi connectivity index (χ1) is 11.8. The highest BCUT2D eigenvalue weighted by molar-refractivity contribution is 5.84. The Bertz CT molecular complexity index is 835. The van der Waals surface area contributed by atoms with E-state index >= 15 is 0 Å². The number of imidazole rings is 1. The lowest BCUT2D eigenvalue weighted by atomic mass is 10.1. The van der Waals surface area contributed by atoms with Gasteiger partial charge in [-0.2, -0.15) is 0 Å². The number of hydrogen-bond donors (Lipinski definition) is 1. The summed E-state index contributed by atoms with van der Waals surface area (Å²) in [6.45, 7) is 4.50. The molecule has 1 amide bonds. The third kappa shape index (κ3) is 2.36. The summed E-state index contributed by atoms with van der Waals surface area (Å²) in [7, 11) is 0. The lowest BCUT2D eigenvalue weighted by molar-refractivity contribution is -0.133. The van der Waals surface area contributed by atoms with Crippen LogP contribution in [0.1, 0.15) is 26.3 Å². The van der Waals surface area contributed by atoms with E-state index in [1.165, 1.54) is 6.33 Å². The Morgan fingerprint density at radius 1 is 1.36 bits per heavy atom. The summed E-state index contributed by atoms with van der Waals surface area (Å²) in [5.41, 5.74) is 6.33. The lowest BCUT2D eigenvalue weighted by Crippen LogP contribution is -2.32. The summed E-state index contributed by atoms with van der Waals surface area (Å²) < 4.78 is 28.1. The number of halogens is 2. The van der Waals surface area contributed by atoms with E-state index in [4.69, 9.17) is 5.73 Å². The number of fused-ring (bicyclic) bond motifs is 1. The molecule has 2 aliphatic rings. The van der Waals surface area contributed by atoms with Crippen LogP contribution in [0, 0.1) is 17.3 Å². The highest BCUT2D eigenvalue weighted by Gasteiger charge is 2.66. The van der Waals surface area contributed by atoms with Crippen molar-refractivity contribution in [3.05, 3.63) is 12.7 Å². The molecule has 0 radical (unpaired) electrons. The Morgan fingerprint density at radius 2 is 2.12 bits per heavy atom. The molecule has 1 unspecified atom stereocenters. The van der Waals surface area contributed by atoms with E-state index in [1.54, 1.807) is 25.1 Å². The molecule has 1 saturated heterocycles. The second kappa shape index (κ2) is 5.34. The van der Waals surface area contributed by atoms with Crippen LogP contribution in [0.15, 0.2) is 12.7 Å². The molecule has 0 spiro atoms. The van der Waals surface area contributed by atoms with Crippen molar-refractivity contribution in [3.63, 3.8) is 0 Å². The molecule has 3 heterocycles. The van der Waals surface area contributed by atoms with Gasteiger partial charge in [-0.3, -0.25) is 4.79 Å². The first-order valence-corrected chi connectivity index (χ1v) is 8.32. The van der Waals surface area contributed by atoms with Crippen LogP contribution in [0.4, 0.5) is 14.6 Å². The van der Waals surface area contributed by atoms with Gasteiger partial charge in [-0.15, -0.1) is 0 Å². The van der Waals surface area contributed by atoms with E-state index in [2.05, 4.69) is 15.0 Å². The Labute approximate surface area is 143 Å². The third-order valence-corrected chi connectivity index (χ3v) is 5.70. The van der Waals surface area contributed by atoms with Crippen LogP contribution in [0.5, 0.6) is 0 Å². The molecule has 0 bridgehead atoms. The van der Waals surface area contributed by atoms with Crippen molar-refractivity contribution in [2.45, 2.75) is 32.7 Å². The van der Waals surface area contributed by atoms with Crippen LogP contribution in [0.3, 0.4) is 0 Å². The van der Waals surface area contributed by atoms with Crippen LogP contribution in [0.2, 0.25) is 0 Å². The van der Waals surface area contributed by atoms with Gasteiger partial charge < -0.3 is 15.2 Å². The topological polar surface area (TPSA) is 89.9 Å². The van der Waals surface area contributed by atoms with Crippen LogP contribution in [-0.2, 0) is 4.79 Å². The van der Waals surface area contributed by atoms with Gasteiger partial charge in [-0.1, -0.05) is 13.8 Å². The number of amides is 1. The maximum Gasteiger partial charge on any atom is 0.242 e. The second-order valence-corrected chi connectivity index (χ2v) is 7.47. The quantitative estimate of drug-likeness (QED) is 0.910. The maximum absolute atomic E-state index is 13.1. The minimum Gasteiger partial charge on any atom is -0.382 e. The molecule has 7 nitrogen and oxygen atoms in total. The maximum atomic E-state index is 13.1. The first-order valence-electron chi connectivity index (χ1n) is 8.32. The number of alkyl halides is 2. The van der Waals surface area contributed by atoms with E-state index in [0.29, 0.717) is 30.1 Å². The zero-order valence-electron chi connectivity index (χ0n) is 14.1. The Morgan fingerprint density at radius 3 is 2.80 bits per heavy atom. The third-order valence-electron chi connectivity index (χ3n) is 5.70. The number of carbonyl (C=O) groups excluding carboxylic acids is 1. The highest BCUT2D eigenvalue weighted by Crippen LogP contribution is 2.61. The Kier molecular flexibility index (Phi) is 3.45. The molecule has 0 aromatic carbocycles. The number of likely N-dealkylation sites (tertiary alicyclic amines) is 1. The monoisotopic (exact) mass is 350 g/mol. The molecule has 9 heteroatoms. The molecule has 1 aliphatic carbocycles. The standard InChI is InChI=1S/C16H20F2N6O/c1-16(2)9(12(17)18)10(16)15(25)23-4-3-8(5-23)24-7-22-11-13(19)20-6-21-14(11)24/h6-10,12H,3-5H2,1-2H3,(H2,19,20,21)/t8?,9-,10+/m1/s1. The van der Waals surface area contributed by atoms with Crippen molar-refractivity contribution in [1.82, 2.24) is 24.4 Å². The van der Waals surface area contributed by atoms with Gasteiger partial charge in [0.15, 0.2) is 11.5 Å². The SMILES string of the molecule is CC1(C)[C@H](C(=O)N2CCC(n3cnc4c(N)ncnc43)C2)[C@@H]1C(F)F. The fourth-order valence-electron chi connectivity index (χ4n) is 4.12. The van der Waals surface area contributed by atoms with Gasteiger partial charge in [0.2, 0.25) is 12.3 Å². The van der Waals surface area contributed by atoms with Crippen LogP contribution in [-0.4, -0.2) is 49.8 Å². The zero-order valence-corrected chi connectivity index (χ0v) is 14.1. The number of nitrogens with two attached hydrogens (primary N) is 1. The summed E-state index contributed by atoms with van der Waals surface area (Å²) in [5.74, 6) is -1.30. The number of anilines is 1. The first kappa shape index (κ1) is 16.2. The van der Waals surface area contributed by atoms with Gasteiger partial charge in [0.05, 0.1) is 18.3 Å². The average Bonchev–Trinajstić information content (AvgIpc) is 2.93. The number of nitrogen functional groups attached to an aromatic ring is 1. The predicted molar refractivity (Wildman–Crippen MR) is 86.7 cm³/mol. The minimum atomic E-state index is -2.46. The fourth-order valence-corrected chi connectivity index (χ4v) is 4.12.